The van der Waals surface area contributed by atoms with Gasteiger partial charge in [0.05, 0.1) is 6.17 Å². The third-order valence-electron chi connectivity index (χ3n) is 2.95. The number of benzene rings is 1. The van der Waals surface area contributed by atoms with Crippen LogP contribution in [0.2, 0.25) is 0 Å². The van der Waals surface area contributed by atoms with Crippen molar-refractivity contribution in [2.24, 2.45) is 0 Å². The van der Waals surface area contributed by atoms with Gasteiger partial charge in [-0.25, -0.2) is 0 Å². The summed E-state index contributed by atoms with van der Waals surface area (Å²) in [5, 5.41) is 3.47. The van der Waals surface area contributed by atoms with Crippen LogP contribution in [0.5, 0.6) is 0 Å². The molecule has 0 aromatic heterocycles. The summed E-state index contributed by atoms with van der Waals surface area (Å²) in [5.41, 5.74) is 1.28. The molecule has 2 aliphatic heterocycles. The maximum Gasteiger partial charge on any atom is 0.0797 e. The van der Waals surface area contributed by atoms with E-state index in [1.165, 1.54) is 12.1 Å². The van der Waals surface area contributed by atoms with Gasteiger partial charge in [-0.2, -0.15) is 0 Å². The van der Waals surface area contributed by atoms with E-state index >= 15 is 0 Å². The van der Waals surface area contributed by atoms with Gasteiger partial charge >= 0.3 is 0 Å². The molecule has 3 rings (SSSR count). The van der Waals surface area contributed by atoms with E-state index in [0.29, 0.717) is 6.17 Å². The molecule has 72 valence electrons. The second kappa shape index (κ2) is 3.23. The summed E-state index contributed by atoms with van der Waals surface area (Å²) >= 11 is 0. The van der Waals surface area contributed by atoms with Crippen LogP contribution in [0, 0.1) is 0 Å². The van der Waals surface area contributed by atoms with Crippen LogP contribution in [-0.4, -0.2) is 30.2 Å². The first-order valence-corrected chi connectivity index (χ1v) is 5.16. The quantitative estimate of drug-likeness (QED) is 0.700. The van der Waals surface area contributed by atoms with E-state index < -0.39 is 0 Å². The summed E-state index contributed by atoms with van der Waals surface area (Å²) in [6, 6.07) is 11.3. The highest BCUT2D eigenvalue weighted by molar-refractivity contribution is 5.49. The molecule has 2 aliphatic rings. The molecule has 0 bridgehead atoms. The second-order valence-electron chi connectivity index (χ2n) is 3.97. The summed E-state index contributed by atoms with van der Waals surface area (Å²) in [4.78, 5) is 2.47. The molecule has 2 heteroatoms. The fourth-order valence-electron chi connectivity index (χ4n) is 2.04. The van der Waals surface area contributed by atoms with Crippen LogP contribution in [0.15, 0.2) is 36.4 Å². The van der Waals surface area contributed by atoms with Crippen molar-refractivity contribution in [2.75, 3.05) is 13.1 Å². The number of hydrogen-bond acceptors (Lipinski definition) is 2. The zero-order chi connectivity index (χ0) is 9.38. The smallest absolute Gasteiger partial charge is 0.0797 e. The molecule has 2 heterocycles. The molecule has 3 atom stereocenters. The molecule has 1 unspecified atom stereocenters. The summed E-state index contributed by atoms with van der Waals surface area (Å²) in [5.74, 6) is 0. The Labute approximate surface area is 84.2 Å². The molecule has 0 aliphatic carbocycles. The molecule has 0 saturated carbocycles. The minimum Gasteiger partial charge on any atom is -0.297 e. The highest BCUT2D eigenvalue weighted by Crippen LogP contribution is 2.25. The van der Waals surface area contributed by atoms with Crippen LogP contribution in [0.4, 0.5) is 0 Å². The molecule has 1 N–H and O–H groups in total. The van der Waals surface area contributed by atoms with E-state index in [2.05, 4.69) is 46.6 Å². The first kappa shape index (κ1) is 8.21. The minimum absolute atomic E-state index is 0.472. The van der Waals surface area contributed by atoms with Gasteiger partial charge in [0.25, 0.3) is 0 Å². The summed E-state index contributed by atoms with van der Waals surface area (Å²) < 4.78 is 0. The monoisotopic (exact) mass is 186 g/mol. The van der Waals surface area contributed by atoms with Crippen molar-refractivity contribution in [3.63, 3.8) is 0 Å². The lowest BCUT2D eigenvalue weighted by Crippen LogP contribution is -2.28. The van der Waals surface area contributed by atoms with Gasteiger partial charge in [0.1, 0.15) is 0 Å². The maximum atomic E-state index is 3.47. The summed E-state index contributed by atoms with van der Waals surface area (Å²) in [6.07, 6.45) is 4.92. The van der Waals surface area contributed by atoms with Crippen LogP contribution < -0.4 is 5.32 Å². The van der Waals surface area contributed by atoms with E-state index in [1.807, 2.05) is 6.07 Å². The van der Waals surface area contributed by atoms with Crippen LogP contribution in [0.25, 0.3) is 6.08 Å². The van der Waals surface area contributed by atoms with Crippen molar-refractivity contribution in [3.8, 4) is 0 Å². The van der Waals surface area contributed by atoms with Crippen LogP contribution in [0.3, 0.4) is 0 Å². The normalized spacial score (nSPS) is 34.7. The number of nitrogens with one attached hydrogen (secondary N) is 1. The second-order valence-corrected chi connectivity index (χ2v) is 3.97. The van der Waals surface area contributed by atoms with Crippen molar-refractivity contribution in [3.05, 3.63) is 42.0 Å². The molecule has 2 fully saturated rings. The Morgan fingerprint density at radius 1 is 1.29 bits per heavy atom. The topological polar surface area (TPSA) is 15.0 Å². The zero-order valence-electron chi connectivity index (χ0n) is 8.06. The third-order valence-corrected chi connectivity index (χ3v) is 2.95. The lowest BCUT2D eigenvalue weighted by molar-refractivity contribution is 0.464. The van der Waals surface area contributed by atoms with Gasteiger partial charge in [-0.05, 0) is 5.56 Å². The third kappa shape index (κ3) is 1.47. The van der Waals surface area contributed by atoms with Crippen molar-refractivity contribution < 1.29 is 0 Å². The summed E-state index contributed by atoms with van der Waals surface area (Å²) in [7, 11) is 0. The van der Waals surface area contributed by atoms with Gasteiger partial charge in [-0.3, -0.25) is 10.2 Å². The Kier molecular flexibility index (Phi) is 1.89. The highest BCUT2D eigenvalue weighted by Gasteiger charge is 2.43. The molecule has 1 aromatic rings. The van der Waals surface area contributed by atoms with Gasteiger partial charge in [-0.1, -0.05) is 42.5 Å². The van der Waals surface area contributed by atoms with Gasteiger partial charge in [0.2, 0.25) is 0 Å². The van der Waals surface area contributed by atoms with Gasteiger partial charge in [-0.15, -0.1) is 0 Å². The molecule has 2 saturated heterocycles. The molecule has 1 aromatic carbocycles. The standard InChI is InChI=1S/C12H14N2/c1-2-4-10(5-3-1)6-7-12-13-8-11-9-14(11)12/h1-7,11-13H,8-9H2/b7-6+/t11-,12+,14?/m0/s1. The average Bonchev–Trinajstić information content (AvgIpc) is 2.92. The van der Waals surface area contributed by atoms with Gasteiger partial charge < -0.3 is 0 Å². The molecular formula is C12H14N2. The number of fused-ring (bicyclic) bond motifs is 1. The van der Waals surface area contributed by atoms with E-state index in [-0.39, 0.29) is 0 Å². The lowest BCUT2D eigenvalue weighted by atomic mass is 10.2. The molecule has 14 heavy (non-hydrogen) atoms. The number of hydrogen-bond donors (Lipinski definition) is 1. The fourth-order valence-corrected chi connectivity index (χ4v) is 2.04. The summed E-state index contributed by atoms with van der Waals surface area (Å²) in [6.45, 7) is 2.43. The molecule has 2 nitrogen and oxygen atoms in total. The number of nitrogens with zero attached hydrogens (tertiary/aromatic N) is 1. The highest BCUT2D eigenvalue weighted by atomic mass is 15.5. The van der Waals surface area contributed by atoms with Crippen molar-refractivity contribution >= 4 is 6.08 Å². The first-order chi connectivity index (χ1) is 6.93. The fraction of sp³-hybridized carbons (Fsp3) is 0.333. The van der Waals surface area contributed by atoms with E-state index in [9.17, 15) is 0 Å². The Morgan fingerprint density at radius 2 is 2.14 bits per heavy atom. The van der Waals surface area contributed by atoms with Gasteiger partial charge in [0, 0.05) is 19.1 Å². The first-order valence-electron chi connectivity index (χ1n) is 5.16. The van der Waals surface area contributed by atoms with E-state index in [0.717, 1.165) is 12.6 Å². The minimum atomic E-state index is 0.472. The van der Waals surface area contributed by atoms with E-state index in [1.54, 1.807) is 0 Å². The van der Waals surface area contributed by atoms with Crippen LogP contribution in [-0.2, 0) is 0 Å². The Hall–Kier alpha value is -1.12. The molecule has 0 radical (unpaired) electrons. The van der Waals surface area contributed by atoms with Crippen LogP contribution in [0.1, 0.15) is 5.56 Å². The predicted octanol–water partition coefficient (Wildman–Crippen LogP) is 1.31. The van der Waals surface area contributed by atoms with Crippen molar-refractivity contribution in [2.45, 2.75) is 12.2 Å². The van der Waals surface area contributed by atoms with E-state index in [4.69, 9.17) is 0 Å². The van der Waals surface area contributed by atoms with Crippen LogP contribution >= 0.6 is 0 Å². The molecule has 0 amide bonds. The average molecular weight is 186 g/mol. The Morgan fingerprint density at radius 3 is 2.79 bits per heavy atom. The lowest BCUT2D eigenvalue weighted by Gasteiger charge is -2.07. The Bertz CT molecular complexity index is 345. The van der Waals surface area contributed by atoms with Gasteiger partial charge in [0.15, 0.2) is 0 Å². The molecular weight excluding hydrogens is 172 g/mol. The van der Waals surface area contributed by atoms with Crippen molar-refractivity contribution in [1.29, 1.82) is 0 Å². The number of rotatable bonds is 2. The zero-order valence-corrected chi connectivity index (χ0v) is 8.06. The maximum absolute atomic E-state index is 3.47. The SMILES string of the molecule is C(=C\[C@@H]1NC[C@H]2CN21)/c1ccccc1. The predicted molar refractivity (Wildman–Crippen MR) is 57.8 cm³/mol. The largest absolute Gasteiger partial charge is 0.297 e. The molecule has 0 spiro atoms. The van der Waals surface area contributed by atoms with Crippen molar-refractivity contribution in [1.82, 2.24) is 10.2 Å². The Balaban J connectivity index is 1.69.